The molecule has 3 heteroatoms. The van der Waals surface area contributed by atoms with E-state index in [-0.39, 0.29) is 11.8 Å². The summed E-state index contributed by atoms with van der Waals surface area (Å²) in [7, 11) is 2.12. The van der Waals surface area contributed by atoms with Crippen molar-refractivity contribution < 1.29 is 4.79 Å². The third kappa shape index (κ3) is 4.20. The lowest BCUT2D eigenvalue weighted by Gasteiger charge is -2.29. The first-order chi connectivity index (χ1) is 7.13. The quantitative estimate of drug-likeness (QED) is 0.768. The molecule has 3 nitrogen and oxygen atoms in total. The molecule has 88 valence electrons. The largest absolute Gasteiger partial charge is 0.353 e. The molecule has 1 unspecified atom stereocenters. The summed E-state index contributed by atoms with van der Waals surface area (Å²) in [5.41, 5.74) is 0. The Balaban J connectivity index is 2.27. The Morgan fingerprint density at radius 1 is 1.47 bits per heavy atom. The topological polar surface area (TPSA) is 32.3 Å². The maximum absolute atomic E-state index is 11.9. The third-order valence-electron chi connectivity index (χ3n) is 3.20. The van der Waals surface area contributed by atoms with Gasteiger partial charge >= 0.3 is 0 Å². The highest BCUT2D eigenvalue weighted by Gasteiger charge is 2.23. The van der Waals surface area contributed by atoms with Crippen molar-refractivity contribution in [2.75, 3.05) is 20.1 Å². The van der Waals surface area contributed by atoms with E-state index in [0.717, 1.165) is 38.8 Å². The molecule has 1 fully saturated rings. The van der Waals surface area contributed by atoms with Gasteiger partial charge in [0.2, 0.25) is 5.91 Å². The molecule has 1 N–H and O–H groups in total. The average molecular weight is 212 g/mol. The van der Waals surface area contributed by atoms with E-state index < -0.39 is 0 Å². The molecule has 1 saturated heterocycles. The number of rotatable bonds is 4. The van der Waals surface area contributed by atoms with Gasteiger partial charge in [0.25, 0.3) is 0 Å². The number of hydrogen-bond donors (Lipinski definition) is 1. The first kappa shape index (κ1) is 12.5. The van der Waals surface area contributed by atoms with Crippen LogP contribution >= 0.6 is 0 Å². The van der Waals surface area contributed by atoms with Crippen LogP contribution in [0.1, 0.15) is 39.5 Å². The van der Waals surface area contributed by atoms with Crippen LogP contribution in [0, 0.1) is 5.92 Å². The summed E-state index contributed by atoms with van der Waals surface area (Å²) in [6.07, 6.45) is 4.25. The standard InChI is InChI=1S/C12H24N2O/c1-4-5-10(2)13-12(15)11-6-8-14(3)9-7-11/h10-11H,4-9H2,1-3H3,(H,13,15). The number of carbonyl (C=O) groups is 1. The Kier molecular flexibility index (Phi) is 5.09. The van der Waals surface area contributed by atoms with Gasteiger partial charge in [-0.25, -0.2) is 0 Å². The predicted molar refractivity (Wildman–Crippen MR) is 62.7 cm³/mol. The summed E-state index contributed by atoms with van der Waals surface area (Å²) in [6, 6.07) is 0.335. The molecule has 0 aliphatic carbocycles. The van der Waals surface area contributed by atoms with E-state index in [9.17, 15) is 4.79 Å². The second-order valence-corrected chi connectivity index (χ2v) is 4.78. The molecule has 0 aromatic carbocycles. The normalized spacial score (nSPS) is 21.3. The Morgan fingerprint density at radius 3 is 2.60 bits per heavy atom. The zero-order valence-electron chi connectivity index (χ0n) is 10.3. The van der Waals surface area contributed by atoms with Gasteiger partial charge in [0, 0.05) is 12.0 Å². The highest BCUT2D eigenvalue weighted by atomic mass is 16.1. The summed E-state index contributed by atoms with van der Waals surface area (Å²) in [5, 5.41) is 3.11. The van der Waals surface area contributed by atoms with Crippen LogP contribution in [0.15, 0.2) is 0 Å². The molecule has 1 heterocycles. The first-order valence-corrected chi connectivity index (χ1v) is 6.12. The zero-order valence-corrected chi connectivity index (χ0v) is 10.3. The van der Waals surface area contributed by atoms with Gasteiger partial charge in [-0.2, -0.15) is 0 Å². The highest BCUT2D eigenvalue weighted by molar-refractivity contribution is 5.79. The second kappa shape index (κ2) is 6.11. The molecule has 1 aliphatic heterocycles. The van der Waals surface area contributed by atoms with E-state index in [0.29, 0.717) is 6.04 Å². The summed E-state index contributed by atoms with van der Waals surface area (Å²) >= 11 is 0. The lowest BCUT2D eigenvalue weighted by molar-refractivity contribution is -0.127. The second-order valence-electron chi connectivity index (χ2n) is 4.78. The fourth-order valence-corrected chi connectivity index (χ4v) is 2.14. The molecule has 15 heavy (non-hydrogen) atoms. The number of amides is 1. The van der Waals surface area contributed by atoms with E-state index >= 15 is 0 Å². The van der Waals surface area contributed by atoms with Crippen molar-refractivity contribution in [3.63, 3.8) is 0 Å². The summed E-state index contributed by atoms with van der Waals surface area (Å²) in [4.78, 5) is 14.2. The van der Waals surface area contributed by atoms with Gasteiger partial charge in [0.1, 0.15) is 0 Å². The SMILES string of the molecule is CCCC(C)NC(=O)C1CCN(C)CC1. The smallest absolute Gasteiger partial charge is 0.223 e. The van der Waals surface area contributed by atoms with Crippen molar-refractivity contribution in [3.8, 4) is 0 Å². The van der Waals surface area contributed by atoms with Crippen molar-refractivity contribution in [1.82, 2.24) is 10.2 Å². The van der Waals surface area contributed by atoms with Crippen molar-refractivity contribution in [3.05, 3.63) is 0 Å². The van der Waals surface area contributed by atoms with E-state index in [1.165, 1.54) is 0 Å². The zero-order chi connectivity index (χ0) is 11.3. The van der Waals surface area contributed by atoms with Crippen LogP contribution in [0.25, 0.3) is 0 Å². The molecule has 1 amide bonds. The van der Waals surface area contributed by atoms with Gasteiger partial charge < -0.3 is 10.2 Å². The molecule has 0 saturated carbocycles. The highest BCUT2D eigenvalue weighted by Crippen LogP contribution is 2.16. The molecule has 0 spiro atoms. The minimum absolute atomic E-state index is 0.250. The van der Waals surface area contributed by atoms with Gasteiger partial charge in [0.05, 0.1) is 0 Å². The van der Waals surface area contributed by atoms with E-state index in [4.69, 9.17) is 0 Å². The minimum atomic E-state index is 0.250. The number of likely N-dealkylation sites (tertiary alicyclic amines) is 1. The Morgan fingerprint density at radius 2 is 2.07 bits per heavy atom. The van der Waals surface area contributed by atoms with Gasteiger partial charge in [-0.15, -0.1) is 0 Å². The molecule has 1 rings (SSSR count). The lowest BCUT2D eigenvalue weighted by Crippen LogP contribution is -2.42. The van der Waals surface area contributed by atoms with Crippen LogP contribution in [-0.4, -0.2) is 37.0 Å². The molecule has 0 aromatic rings. The van der Waals surface area contributed by atoms with E-state index in [1.54, 1.807) is 0 Å². The fraction of sp³-hybridized carbons (Fsp3) is 0.917. The molecule has 1 aliphatic rings. The van der Waals surface area contributed by atoms with Crippen LogP contribution in [0.3, 0.4) is 0 Å². The monoisotopic (exact) mass is 212 g/mol. The van der Waals surface area contributed by atoms with Crippen LogP contribution in [-0.2, 0) is 4.79 Å². The van der Waals surface area contributed by atoms with Crippen molar-refractivity contribution in [1.29, 1.82) is 0 Å². The van der Waals surface area contributed by atoms with Gasteiger partial charge in [0.15, 0.2) is 0 Å². The summed E-state index contributed by atoms with van der Waals surface area (Å²) < 4.78 is 0. The molecule has 0 aromatic heterocycles. The third-order valence-corrected chi connectivity index (χ3v) is 3.20. The van der Waals surface area contributed by atoms with Crippen molar-refractivity contribution >= 4 is 5.91 Å². The maximum atomic E-state index is 11.9. The molecule has 0 radical (unpaired) electrons. The van der Waals surface area contributed by atoms with E-state index in [2.05, 4.69) is 31.1 Å². The Labute approximate surface area is 93.2 Å². The Bertz CT molecular complexity index is 198. The van der Waals surface area contributed by atoms with Crippen LogP contribution in [0.5, 0.6) is 0 Å². The predicted octanol–water partition coefficient (Wildman–Crippen LogP) is 1.63. The maximum Gasteiger partial charge on any atom is 0.223 e. The van der Waals surface area contributed by atoms with Gasteiger partial charge in [-0.05, 0) is 46.3 Å². The lowest BCUT2D eigenvalue weighted by atomic mass is 9.96. The van der Waals surface area contributed by atoms with Gasteiger partial charge in [-0.1, -0.05) is 13.3 Å². The fourth-order valence-electron chi connectivity index (χ4n) is 2.14. The molecule has 0 bridgehead atoms. The van der Waals surface area contributed by atoms with Crippen LogP contribution < -0.4 is 5.32 Å². The molecular formula is C12H24N2O. The van der Waals surface area contributed by atoms with Crippen LogP contribution in [0.4, 0.5) is 0 Å². The van der Waals surface area contributed by atoms with Crippen molar-refractivity contribution in [2.45, 2.75) is 45.6 Å². The number of carbonyl (C=O) groups excluding carboxylic acids is 1. The minimum Gasteiger partial charge on any atom is -0.353 e. The van der Waals surface area contributed by atoms with E-state index in [1.807, 2.05) is 0 Å². The Hall–Kier alpha value is -0.570. The van der Waals surface area contributed by atoms with Crippen LogP contribution in [0.2, 0.25) is 0 Å². The summed E-state index contributed by atoms with van der Waals surface area (Å²) in [5.74, 6) is 0.518. The number of hydrogen-bond acceptors (Lipinski definition) is 2. The summed E-state index contributed by atoms with van der Waals surface area (Å²) in [6.45, 7) is 6.36. The molecular weight excluding hydrogens is 188 g/mol. The number of piperidine rings is 1. The number of nitrogens with zero attached hydrogens (tertiary/aromatic N) is 1. The number of nitrogens with one attached hydrogen (secondary N) is 1. The van der Waals surface area contributed by atoms with Gasteiger partial charge in [-0.3, -0.25) is 4.79 Å². The van der Waals surface area contributed by atoms with Crippen molar-refractivity contribution in [2.24, 2.45) is 5.92 Å². The first-order valence-electron chi connectivity index (χ1n) is 6.12. The molecule has 1 atom stereocenters. The average Bonchev–Trinajstić information content (AvgIpc) is 2.18.